The number of nitrogens with zero attached hydrogens (tertiary/aromatic N) is 3. The third kappa shape index (κ3) is 3.48. The van der Waals surface area contributed by atoms with E-state index in [0.29, 0.717) is 4.77 Å². The summed E-state index contributed by atoms with van der Waals surface area (Å²) in [5.41, 5.74) is 1.03. The van der Waals surface area contributed by atoms with E-state index in [2.05, 4.69) is 31.0 Å². The van der Waals surface area contributed by atoms with Crippen LogP contribution in [0.1, 0.15) is 5.56 Å². The van der Waals surface area contributed by atoms with Gasteiger partial charge in [-0.25, -0.2) is 4.98 Å². The highest BCUT2D eigenvalue weighted by atomic mass is 79.9. The first kappa shape index (κ1) is 12.9. The average molecular weight is 323 g/mol. The van der Waals surface area contributed by atoms with Crippen LogP contribution < -0.4 is 5.01 Å². The molecule has 0 unspecified atom stereocenters. The van der Waals surface area contributed by atoms with Crippen LogP contribution in [0.15, 0.2) is 46.1 Å². The van der Waals surface area contributed by atoms with Gasteiger partial charge in [-0.15, -0.1) is 0 Å². The number of H-pyrrole nitrogens is 1. The molecule has 4 nitrogen and oxygen atoms in total. The van der Waals surface area contributed by atoms with Crippen LogP contribution in [0.5, 0.6) is 0 Å². The minimum absolute atomic E-state index is 0.443. The van der Waals surface area contributed by atoms with Crippen molar-refractivity contribution in [2.45, 2.75) is 0 Å². The number of hydrogen-bond acceptors (Lipinski definition) is 4. The van der Waals surface area contributed by atoms with Gasteiger partial charge in [-0.2, -0.15) is 5.10 Å². The lowest BCUT2D eigenvalue weighted by molar-refractivity contribution is 0.960. The number of benzene rings is 1. The molecule has 0 aliphatic rings. The minimum Gasteiger partial charge on any atom is -0.316 e. The van der Waals surface area contributed by atoms with Gasteiger partial charge in [0.05, 0.1) is 6.21 Å². The van der Waals surface area contributed by atoms with E-state index < -0.39 is 0 Å². The van der Waals surface area contributed by atoms with E-state index in [-0.39, 0.29) is 0 Å². The van der Waals surface area contributed by atoms with E-state index in [1.165, 1.54) is 0 Å². The second-order valence-corrected chi connectivity index (χ2v) is 4.88. The summed E-state index contributed by atoms with van der Waals surface area (Å²) in [6.07, 6.45) is 3.43. The summed E-state index contributed by atoms with van der Waals surface area (Å²) in [4.78, 5) is 6.89. The van der Waals surface area contributed by atoms with Crippen molar-refractivity contribution in [2.75, 3.05) is 12.1 Å². The second kappa shape index (κ2) is 5.88. The standard InChI is InChI=1S/C12H11BrN4S/c1-17(11-6-7-14-12(18)16-11)15-8-9-2-4-10(13)5-3-9/h2-8H,1H3,(H,14,16,18)/b15-8+. The number of halogens is 1. The van der Waals surface area contributed by atoms with E-state index in [9.17, 15) is 0 Å². The van der Waals surface area contributed by atoms with Crippen LogP contribution in [-0.2, 0) is 0 Å². The Labute approximate surface area is 119 Å². The summed E-state index contributed by atoms with van der Waals surface area (Å²) in [5.74, 6) is 0.795. The third-order valence-corrected chi connectivity index (χ3v) is 2.99. The van der Waals surface area contributed by atoms with E-state index in [1.54, 1.807) is 17.4 Å². The van der Waals surface area contributed by atoms with Crippen molar-refractivity contribution in [3.05, 3.63) is 51.3 Å². The molecular weight excluding hydrogens is 312 g/mol. The lowest BCUT2D eigenvalue weighted by atomic mass is 10.2. The number of aromatic nitrogens is 2. The van der Waals surface area contributed by atoms with Crippen LogP contribution in [0.4, 0.5) is 5.82 Å². The molecule has 92 valence electrons. The van der Waals surface area contributed by atoms with Gasteiger partial charge in [0.1, 0.15) is 5.82 Å². The first-order chi connectivity index (χ1) is 8.65. The third-order valence-electron chi connectivity index (χ3n) is 2.26. The number of aromatic amines is 1. The van der Waals surface area contributed by atoms with Crippen molar-refractivity contribution >= 4 is 40.2 Å². The fourth-order valence-corrected chi connectivity index (χ4v) is 1.74. The molecule has 0 atom stereocenters. The highest BCUT2D eigenvalue weighted by molar-refractivity contribution is 9.10. The van der Waals surface area contributed by atoms with Gasteiger partial charge in [-0.05, 0) is 36.0 Å². The van der Waals surface area contributed by atoms with Crippen LogP contribution in [0.3, 0.4) is 0 Å². The molecule has 0 spiro atoms. The van der Waals surface area contributed by atoms with Gasteiger partial charge >= 0.3 is 0 Å². The topological polar surface area (TPSA) is 44.3 Å². The normalized spacial score (nSPS) is 10.8. The van der Waals surface area contributed by atoms with Crippen molar-refractivity contribution < 1.29 is 0 Å². The molecule has 0 radical (unpaired) electrons. The molecule has 0 aliphatic carbocycles. The Kier molecular flexibility index (Phi) is 4.22. The summed E-state index contributed by atoms with van der Waals surface area (Å²) in [6, 6.07) is 9.73. The van der Waals surface area contributed by atoms with Crippen molar-refractivity contribution in [1.82, 2.24) is 9.97 Å². The molecule has 0 aliphatic heterocycles. The van der Waals surface area contributed by atoms with Crippen molar-refractivity contribution in [3.8, 4) is 0 Å². The minimum atomic E-state index is 0.443. The largest absolute Gasteiger partial charge is 0.316 e. The molecule has 0 amide bonds. The maximum atomic E-state index is 4.96. The van der Waals surface area contributed by atoms with Gasteiger partial charge in [-0.1, -0.05) is 28.1 Å². The molecule has 6 heteroatoms. The monoisotopic (exact) mass is 322 g/mol. The number of anilines is 1. The van der Waals surface area contributed by atoms with E-state index >= 15 is 0 Å². The molecule has 2 rings (SSSR count). The van der Waals surface area contributed by atoms with Crippen LogP contribution in [-0.4, -0.2) is 23.2 Å². The Morgan fingerprint density at radius 1 is 1.33 bits per heavy atom. The highest BCUT2D eigenvalue weighted by Crippen LogP contribution is 2.10. The predicted octanol–water partition coefficient (Wildman–Crippen LogP) is 3.37. The van der Waals surface area contributed by atoms with Crippen LogP contribution >= 0.6 is 28.1 Å². The van der Waals surface area contributed by atoms with Crippen LogP contribution in [0.25, 0.3) is 0 Å². The number of nitrogens with one attached hydrogen (secondary N) is 1. The van der Waals surface area contributed by atoms with Gasteiger partial charge in [0.25, 0.3) is 0 Å². The number of hydrogen-bond donors (Lipinski definition) is 1. The summed E-state index contributed by atoms with van der Waals surface area (Å²) >= 11 is 8.35. The number of rotatable bonds is 3. The Bertz CT molecular complexity index is 606. The molecule has 18 heavy (non-hydrogen) atoms. The molecule has 0 bridgehead atoms. The zero-order chi connectivity index (χ0) is 13.0. The van der Waals surface area contributed by atoms with E-state index in [0.717, 1.165) is 15.9 Å². The zero-order valence-electron chi connectivity index (χ0n) is 9.67. The lowest BCUT2D eigenvalue weighted by Gasteiger charge is -2.11. The van der Waals surface area contributed by atoms with E-state index in [1.807, 2.05) is 37.4 Å². The van der Waals surface area contributed by atoms with Crippen molar-refractivity contribution in [3.63, 3.8) is 0 Å². The molecule has 0 fully saturated rings. The highest BCUT2D eigenvalue weighted by Gasteiger charge is 1.97. The fourth-order valence-electron chi connectivity index (χ4n) is 1.31. The predicted molar refractivity (Wildman–Crippen MR) is 79.6 cm³/mol. The van der Waals surface area contributed by atoms with Crippen LogP contribution in [0.2, 0.25) is 0 Å². The second-order valence-electron chi connectivity index (χ2n) is 3.58. The maximum absolute atomic E-state index is 4.96. The summed E-state index contributed by atoms with van der Waals surface area (Å²) < 4.78 is 1.49. The lowest BCUT2D eigenvalue weighted by Crippen LogP contribution is -2.10. The molecule has 2 aromatic rings. The molecule has 1 aromatic carbocycles. The Morgan fingerprint density at radius 3 is 2.72 bits per heavy atom. The Balaban J connectivity index is 2.14. The molecule has 1 heterocycles. The van der Waals surface area contributed by atoms with Gasteiger partial charge in [0.2, 0.25) is 0 Å². The molecule has 0 saturated heterocycles. The first-order valence-electron chi connectivity index (χ1n) is 5.24. The molecule has 1 N–H and O–H groups in total. The molecule has 1 aromatic heterocycles. The molecule has 0 saturated carbocycles. The zero-order valence-corrected chi connectivity index (χ0v) is 12.1. The fraction of sp³-hybridized carbons (Fsp3) is 0.0833. The van der Waals surface area contributed by atoms with E-state index in [4.69, 9.17) is 12.2 Å². The first-order valence-corrected chi connectivity index (χ1v) is 6.44. The maximum Gasteiger partial charge on any atom is 0.198 e. The molecular formula is C12H11BrN4S. The average Bonchev–Trinajstić information content (AvgIpc) is 2.38. The Hall–Kier alpha value is -1.53. The van der Waals surface area contributed by atoms with Gasteiger partial charge in [0, 0.05) is 17.7 Å². The van der Waals surface area contributed by atoms with Gasteiger partial charge in [0.15, 0.2) is 4.77 Å². The summed E-state index contributed by atoms with van der Waals surface area (Å²) in [5, 5.41) is 6.03. The van der Waals surface area contributed by atoms with Crippen LogP contribution in [0, 0.1) is 4.77 Å². The van der Waals surface area contributed by atoms with Crippen molar-refractivity contribution in [1.29, 1.82) is 0 Å². The van der Waals surface area contributed by atoms with Gasteiger partial charge in [-0.3, -0.25) is 5.01 Å². The SMILES string of the molecule is CN(/N=C/c1ccc(Br)cc1)c1ccnc(=S)[nH]1. The summed E-state index contributed by atoms with van der Waals surface area (Å²) in [6.45, 7) is 0. The quantitative estimate of drug-likeness (QED) is 0.535. The van der Waals surface area contributed by atoms with Crippen molar-refractivity contribution in [2.24, 2.45) is 5.10 Å². The van der Waals surface area contributed by atoms with Gasteiger partial charge < -0.3 is 4.98 Å². The smallest absolute Gasteiger partial charge is 0.198 e. The Morgan fingerprint density at radius 2 is 2.06 bits per heavy atom. The summed E-state index contributed by atoms with van der Waals surface area (Å²) in [7, 11) is 1.84. The number of hydrazone groups is 1.